The fraction of sp³-hybridized carbons (Fsp3) is 0.381. The lowest BCUT2D eigenvalue weighted by atomic mass is 9.86. The molecule has 0 radical (unpaired) electrons. The summed E-state index contributed by atoms with van der Waals surface area (Å²) in [6, 6.07) is 4.86. The molecule has 8 nitrogen and oxygen atoms in total. The van der Waals surface area contributed by atoms with E-state index < -0.39 is 29.5 Å². The quantitative estimate of drug-likeness (QED) is 0.657. The van der Waals surface area contributed by atoms with Crippen molar-refractivity contribution >= 4 is 17.5 Å². The second-order valence-corrected chi connectivity index (χ2v) is 7.47. The standard InChI is InChI=1S/C21H23N3O5/c1-10-6-11(2)17(12(3)7-10)18-14(25)8-13(19(18)28)4-5-22-21(29)20-23-15(26)9-16(27)24-20/h6-7,9,13,18H,4-5,8H2,1-3H3,(H,22,29)(H2,23,24,26,27). The number of aromatic hydroxyl groups is 2. The number of nitrogens with zero attached hydrogens (tertiary/aromatic N) is 2. The van der Waals surface area contributed by atoms with Gasteiger partial charge >= 0.3 is 0 Å². The summed E-state index contributed by atoms with van der Waals surface area (Å²) in [6.45, 7) is 5.94. The molecule has 1 aromatic heterocycles. The van der Waals surface area contributed by atoms with Crippen LogP contribution < -0.4 is 5.32 Å². The number of rotatable bonds is 5. The Morgan fingerprint density at radius 2 is 1.66 bits per heavy atom. The van der Waals surface area contributed by atoms with Gasteiger partial charge < -0.3 is 15.5 Å². The van der Waals surface area contributed by atoms with Gasteiger partial charge in [0.15, 0.2) is 5.78 Å². The molecule has 0 spiro atoms. The molecule has 1 aliphatic rings. The highest BCUT2D eigenvalue weighted by Crippen LogP contribution is 2.37. The predicted molar refractivity (Wildman–Crippen MR) is 104 cm³/mol. The lowest BCUT2D eigenvalue weighted by molar-refractivity contribution is -0.124. The van der Waals surface area contributed by atoms with E-state index in [1.807, 2.05) is 32.9 Å². The van der Waals surface area contributed by atoms with E-state index in [1.54, 1.807) is 0 Å². The number of nitrogens with one attached hydrogen (secondary N) is 1. The highest BCUT2D eigenvalue weighted by atomic mass is 16.3. The third-order valence-electron chi connectivity index (χ3n) is 5.16. The van der Waals surface area contributed by atoms with Gasteiger partial charge in [-0.2, -0.15) is 9.97 Å². The summed E-state index contributed by atoms with van der Waals surface area (Å²) in [7, 11) is 0. The maximum absolute atomic E-state index is 12.9. The summed E-state index contributed by atoms with van der Waals surface area (Å²) in [5.41, 5.74) is 3.75. The van der Waals surface area contributed by atoms with Crippen LogP contribution in [0.25, 0.3) is 0 Å². The van der Waals surface area contributed by atoms with Gasteiger partial charge in [-0.3, -0.25) is 14.4 Å². The molecule has 3 N–H and O–H groups in total. The van der Waals surface area contributed by atoms with Gasteiger partial charge in [-0.25, -0.2) is 0 Å². The van der Waals surface area contributed by atoms with Crippen molar-refractivity contribution in [1.29, 1.82) is 0 Å². The molecule has 2 unspecified atom stereocenters. The molecule has 1 fully saturated rings. The van der Waals surface area contributed by atoms with Crippen molar-refractivity contribution in [2.75, 3.05) is 6.54 Å². The Balaban J connectivity index is 1.66. The van der Waals surface area contributed by atoms with Crippen LogP contribution in [0.1, 0.15) is 51.6 Å². The van der Waals surface area contributed by atoms with E-state index in [4.69, 9.17) is 0 Å². The molecule has 152 valence electrons. The monoisotopic (exact) mass is 397 g/mol. The van der Waals surface area contributed by atoms with Gasteiger partial charge in [-0.15, -0.1) is 0 Å². The van der Waals surface area contributed by atoms with Crippen molar-refractivity contribution in [3.05, 3.63) is 46.3 Å². The van der Waals surface area contributed by atoms with Gasteiger partial charge in [0.05, 0.1) is 6.07 Å². The lowest BCUT2D eigenvalue weighted by Gasteiger charge is -2.16. The largest absolute Gasteiger partial charge is 0.493 e. The number of hydrogen-bond acceptors (Lipinski definition) is 7. The third kappa shape index (κ3) is 4.26. The molecule has 1 aromatic carbocycles. The first-order valence-electron chi connectivity index (χ1n) is 9.36. The van der Waals surface area contributed by atoms with E-state index >= 15 is 0 Å². The minimum atomic E-state index is -0.748. The summed E-state index contributed by atoms with van der Waals surface area (Å²) >= 11 is 0. The molecule has 0 aliphatic heterocycles. The minimum Gasteiger partial charge on any atom is -0.493 e. The highest BCUT2D eigenvalue weighted by molar-refractivity contribution is 6.15. The number of benzene rings is 1. The number of hydrogen-bond donors (Lipinski definition) is 3. The van der Waals surface area contributed by atoms with Crippen LogP contribution in [0.15, 0.2) is 18.2 Å². The summed E-state index contributed by atoms with van der Waals surface area (Å²) in [4.78, 5) is 44.7. The Morgan fingerprint density at radius 3 is 2.24 bits per heavy atom. The first-order chi connectivity index (χ1) is 13.7. The Labute approximate surface area is 168 Å². The van der Waals surface area contributed by atoms with Crippen molar-refractivity contribution in [3.8, 4) is 11.8 Å². The Morgan fingerprint density at radius 1 is 1.07 bits per heavy atom. The molecule has 2 atom stereocenters. The maximum Gasteiger partial charge on any atom is 0.289 e. The number of carbonyl (C=O) groups is 3. The van der Waals surface area contributed by atoms with Crippen molar-refractivity contribution in [2.45, 2.75) is 39.5 Å². The molecular formula is C21H23N3O5. The van der Waals surface area contributed by atoms with Crippen molar-refractivity contribution in [2.24, 2.45) is 5.92 Å². The van der Waals surface area contributed by atoms with Crippen molar-refractivity contribution in [1.82, 2.24) is 15.3 Å². The second-order valence-electron chi connectivity index (χ2n) is 7.47. The molecular weight excluding hydrogens is 374 g/mol. The van der Waals surface area contributed by atoms with Gasteiger partial charge in [-0.05, 0) is 43.9 Å². The average molecular weight is 397 g/mol. The molecule has 3 rings (SSSR count). The van der Waals surface area contributed by atoms with E-state index in [2.05, 4.69) is 15.3 Å². The van der Waals surface area contributed by atoms with E-state index in [1.165, 1.54) is 0 Å². The number of carbonyl (C=O) groups excluding carboxylic acids is 3. The molecule has 1 heterocycles. The molecule has 2 aromatic rings. The fourth-order valence-corrected chi connectivity index (χ4v) is 4.01. The second kappa shape index (κ2) is 7.98. The number of Topliss-reactive ketones (excluding diaryl/α,β-unsaturated/α-hetero) is 2. The molecule has 29 heavy (non-hydrogen) atoms. The van der Waals surface area contributed by atoms with Gasteiger partial charge in [0.25, 0.3) is 5.91 Å². The zero-order chi connectivity index (χ0) is 21.3. The summed E-state index contributed by atoms with van der Waals surface area (Å²) < 4.78 is 0. The van der Waals surface area contributed by atoms with Crippen LogP contribution >= 0.6 is 0 Å². The molecule has 0 saturated heterocycles. The zero-order valence-electron chi connectivity index (χ0n) is 16.5. The van der Waals surface area contributed by atoms with Crippen molar-refractivity contribution in [3.63, 3.8) is 0 Å². The minimum absolute atomic E-state index is 0.0948. The predicted octanol–water partition coefficient (Wildman–Crippen LogP) is 1.87. The van der Waals surface area contributed by atoms with Gasteiger partial charge in [0.1, 0.15) is 11.7 Å². The summed E-state index contributed by atoms with van der Waals surface area (Å²) in [5.74, 6) is -3.53. The van der Waals surface area contributed by atoms with Crippen LogP contribution in [0.5, 0.6) is 11.8 Å². The molecule has 1 saturated carbocycles. The van der Waals surface area contributed by atoms with Gasteiger partial charge in [-0.1, -0.05) is 17.7 Å². The van der Waals surface area contributed by atoms with Crippen LogP contribution in [0, 0.1) is 26.7 Å². The van der Waals surface area contributed by atoms with Crippen molar-refractivity contribution < 1.29 is 24.6 Å². The smallest absolute Gasteiger partial charge is 0.289 e. The van der Waals surface area contributed by atoms with Gasteiger partial charge in [0, 0.05) is 18.9 Å². The summed E-state index contributed by atoms with van der Waals surface area (Å²) in [6.07, 6.45) is 0.455. The summed E-state index contributed by atoms with van der Waals surface area (Å²) in [5, 5.41) is 21.2. The third-order valence-corrected chi connectivity index (χ3v) is 5.16. The fourth-order valence-electron chi connectivity index (χ4n) is 4.01. The van der Waals surface area contributed by atoms with Crippen LogP contribution in [-0.4, -0.2) is 44.2 Å². The first kappa shape index (κ1) is 20.4. The SMILES string of the molecule is Cc1cc(C)c(C2C(=O)CC(CCNC(=O)c3nc(O)cc(O)n3)C2=O)c(C)c1. The van der Waals surface area contributed by atoms with Gasteiger partial charge in [0.2, 0.25) is 17.6 Å². The molecule has 1 amide bonds. The van der Waals surface area contributed by atoms with Crippen LogP contribution in [0.4, 0.5) is 0 Å². The van der Waals surface area contributed by atoms with Crippen LogP contribution in [0.3, 0.4) is 0 Å². The zero-order valence-corrected chi connectivity index (χ0v) is 16.5. The normalized spacial score (nSPS) is 18.9. The van der Waals surface area contributed by atoms with E-state index in [0.717, 1.165) is 28.3 Å². The van der Waals surface area contributed by atoms with E-state index in [0.29, 0.717) is 6.42 Å². The highest BCUT2D eigenvalue weighted by Gasteiger charge is 2.42. The average Bonchev–Trinajstić information content (AvgIpc) is 2.88. The van der Waals surface area contributed by atoms with E-state index in [-0.39, 0.29) is 30.4 Å². The lowest BCUT2D eigenvalue weighted by Crippen LogP contribution is -2.28. The molecule has 0 bridgehead atoms. The Kier molecular flexibility index (Phi) is 5.63. The van der Waals surface area contributed by atoms with Crippen LogP contribution in [-0.2, 0) is 9.59 Å². The Bertz CT molecular complexity index is 959. The Hall–Kier alpha value is -3.29. The number of amides is 1. The van der Waals surface area contributed by atoms with Crippen LogP contribution in [0.2, 0.25) is 0 Å². The maximum atomic E-state index is 12.9. The number of ketones is 2. The first-order valence-corrected chi connectivity index (χ1v) is 9.36. The molecule has 1 aliphatic carbocycles. The molecule has 8 heteroatoms. The van der Waals surface area contributed by atoms with E-state index in [9.17, 15) is 24.6 Å². The number of aromatic nitrogens is 2. The number of aryl methyl sites for hydroxylation is 3. The topological polar surface area (TPSA) is 129 Å².